The summed E-state index contributed by atoms with van der Waals surface area (Å²) in [5.41, 5.74) is 0.949. The van der Waals surface area contributed by atoms with Crippen molar-refractivity contribution in [2.45, 2.75) is 38.8 Å². The lowest BCUT2D eigenvalue weighted by Crippen LogP contribution is -2.34. The molecule has 0 spiro atoms. The highest BCUT2D eigenvalue weighted by Crippen LogP contribution is 2.41. The van der Waals surface area contributed by atoms with Gasteiger partial charge < -0.3 is 14.8 Å². The molecule has 1 unspecified atom stereocenters. The number of nitrogens with zero attached hydrogens (tertiary/aromatic N) is 3. The highest BCUT2D eigenvalue weighted by atomic mass is 16.5. The summed E-state index contributed by atoms with van der Waals surface area (Å²) in [5, 5.41) is 6.79. The molecule has 0 saturated heterocycles. The Balaban J connectivity index is 1.50. The van der Waals surface area contributed by atoms with Crippen LogP contribution in [0.25, 0.3) is 0 Å². The van der Waals surface area contributed by atoms with Crippen LogP contribution < -0.4 is 14.8 Å². The lowest BCUT2D eigenvalue weighted by atomic mass is 10.0. The van der Waals surface area contributed by atoms with Crippen LogP contribution >= 0.6 is 0 Å². The number of carbonyl (C=O) groups excluding carboxylic acids is 1. The minimum Gasteiger partial charge on any atom is -0.488 e. The van der Waals surface area contributed by atoms with Crippen molar-refractivity contribution in [1.82, 2.24) is 20.1 Å². The quantitative estimate of drug-likeness (QED) is 0.817. The number of hydrogen-bond donors (Lipinski definition) is 1. The van der Waals surface area contributed by atoms with Crippen LogP contribution in [0, 0.1) is 0 Å². The average molecular weight is 330 g/mol. The number of para-hydroxylation sites is 1. The molecule has 1 amide bonds. The zero-order valence-electron chi connectivity index (χ0n) is 14.2. The van der Waals surface area contributed by atoms with Gasteiger partial charge in [-0.15, -0.1) is 0 Å². The minimum atomic E-state index is -0.405. The number of nitrogens with one attached hydrogen (secondary N) is 1. The highest BCUT2D eigenvalue weighted by molar-refractivity contribution is 5.79. The number of benzene rings is 1. The fourth-order valence-electron chi connectivity index (χ4n) is 2.72. The van der Waals surface area contributed by atoms with E-state index in [0.717, 1.165) is 23.5 Å². The maximum absolute atomic E-state index is 12.0. The molecule has 1 aliphatic heterocycles. The normalized spacial score (nSPS) is 16.1. The van der Waals surface area contributed by atoms with E-state index < -0.39 is 6.04 Å². The maximum Gasteiger partial charge on any atom is 0.244 e. The van der Waals surface area contributed by atoms with E-state index in [1.165, 1.54) is 17.3 Å². The molecule has 1 atom stereocenters. The zero-order valence-corrected chi connectivity index (χ0v) is 14.2. The third kappa shape index (κ3) is 3.50. The Morgan fingerprint density at radius 2 is 2.33 bits per heavy atom. The van der Waals surface area contributed by atoms with Gasteiger partial charge in [0.1, 0.15) is 30.9 Å². The van der Waals surface area contributed by atoms with Crippen molar-refractivity contribution in [3.63, 3.8) is 0 Å². The fourth-order valence-corrected chi connectivity index (χ4v) is 2.72. The van der Waals surface area contributed by atoms with Crippen LogP contribution in [0.5, 0.6) is 11.5 Å². The van der Waals surface area contributed by atoms with Crippen LogP contribution in [0.3, 0.4) is 0 Å². The van der Waals surface area contributed by atoms with Crippen LogP contribution in [0.4, 0.5) is 0 Å². The molecule has 1 N–H and O–H groups in total. The number of carbonyl (C=O) groups is 1. The van der Waals surface area contributed by atoms with E-state index in [9.17, 15) is 4.79 Å². The first-order chi connectivity index (χ1) is 11.5. The molecule has 1 aliphatic rings. The van der Waals surface area contributed by atoms with Gasteiger partial charge in [0.25, 0.3) is 0 Å². The van der Waals surface area contributed by atoms with Crippen LogP contribution in [0.1, 0.15) is 32.4 Å². The second-order valence-electron chi connectivity index (χ2n) is 6.47. The summed E-state index contributed by atoms with van der Waals surface area (Å²) in [6.07, 6.45) is 3.79. The number of fused-ring (bicyclic) bond motifs is 1. The number of rotatable bonds is 6. The van der Waals surface area contributed by atoms with Crippen LogP contribution in [-0.2, 0) is 11.2 Å². The first-order valence-electron chi connectivity index (χ1n) is 8.02. The summed E-state index contributed by atoms with van der Waals surface area (Å²) in [5.74, 6) is 1.40. The smallest absolute Gasteiger partial charge is 0.244 e. The lowest BCUT2D eigenvalue weighted by molar-refractivity contribution is -0.124. The summed E-state index contributed by atoms with van der Waals surface area (Å²) < 4.78 is 13.3. The third-order valence-corrected chi connectivity index (χ3v) is 3.93. The largest absolute Gasteiger partial charge is 0.488 e. The van der Waals surface area contributed by atoms with Gasteiger partial charge in [-0.3, -0.25) is 4.79 Å². The fraction of sp³-hybridized carbons (Fsp3) is 0.471. The summed E-state index contributed by atoms with van der Waals surface area (Å²) in [7, 11) is 0. The molecule has 128 valence electrons. The van der Waals surface area contributed by atoms with Gasteiger partial charge in [-0.1, -0.05) is 12.1 Å². The molecular formula is C17H22N4O3. The van der Waals surface area contributed by atoms with Crippen molar-refractivity contribution in [2.24, 2.45) is 0 Å². The van der Waals surface area contributed by atoms with Crippen molar-refractivity contribution < 1.29 is 14.3 Å². The predicted octanol–water partition coefficient (Wildman–Crippen LogP) is 1.75. The van der Waals surface area contributed by atoms with Crippen LogP contribution in [0.15, 0.2) is 30.9 Å². The van der Waals surface area contributed by atoms with E-state index >= 15 is 0 Å². The Hall–Kier alpha value is -2.57. The Labute approximate surface area is 141 Å². The monoisotopic (exact) mass is 330 g/mol. The predicted molar refractivity (Wildman–Crippen MR) is 88.1 cm³/mol. The molecule has 1 aromatic carbocycles. The Morgan fingerprint density at radius 3 is 3.08 bits per heavy atom. The van der Waals surface area contributed by atoms with E-state index in [4.69, 9.17) is 9.47 Å². The van der Waals surface area contributed by atoms with Gasteiger partial charge in [0.05, 0.1) is 6.54 Å². The molecule has 7 heteroatoms. The van der Waals surface area contributed by atoms with Crippen molar-refractivity contribution >= 4 is 5.91 Å². The summed E-state index contributed by atoms with van der Waals surface area (Å²) >= 11 is 0. The first-order valence-corrected chi connectivity index (χ1v) is 8.02. The lowest BCUT2D eigenvalue weighted by Gasteiger charge is -2.18. The average Bonchev–Trinajstić information content (AvgIpc) is 3.16. The zero-order chi connectivity index (χ0) is 17.2. The summed E-state index contributed by atoms with van der Waals surface area (Å²) in [4.78, 5) is 15.9. The molecular weight excluding hydrogens is 308 g/mol. The molecule has 0 bridgehead atoms. The van der Waals surface area contributed by atoms with Gasteiger partial charge in [0, 0.05) is 12.0 Å². The number of amides is 1. The van der Waals surface area contributed by atoms with Crippen molar-refractivity contribution in [2.75, 3.05) is 13.2 Å². The van der Waals surface area contributed by atoms with E-state index in [1.54, 1.807) is 6.92 Å². The molecule has 2 aromatic rings. The molecule has 0 saturated carbocycles. The Morgan fingerprint density at radius 1 is 1.50 bits per heavy atom. The van der Waals surface area contributed by atoms with Crippen molar-refractivity contribution in [3.8, 4) is 11.5 Å². The molecule has 24 heavy (non-hydrogen) atoms. The third-order valence-electron chi connectivity index (χ3n) is 3.93. The molecule has 7 nitrogen and oxygen atoms in total. The van der Waals surface area contributed by atoms with Gasteiger partial charge in [-0.05, 0) is 26.8 Å². The Bertz CT molecular complexity index is 713. The standard InChI is InChI=1S/C17H22N4O3/c1-12(21-11-18-10-20-21)16(22)19-7-8-23-14-6-4-5-13-9-17(2,3)24-15(13)14/h4-6,10-12H,7-9H2,1-3H3,(H,19,22). The first kappa shape index (κ1) is 16.3. The van der Waals surface area contributed by atoms with Gasteiger partial charge >= 0.3 is 0 Å². The van der Waals surface area contributed by atoms with Gasteiger partial charge in [0.2, 0.25) is 5.91 Å². The number of hydrogen-bond acceptors (Lipinski definition) is 5. The highest BCUT2D eigenvalue weighted by Gasteiger charge is 2.32. The molecule has 2 heterocycles. The molecule has 1 aromatic heterocycles. The second-order valence-corrected chi connectivity index (χ2v) is 6.47. The molecule has 0 radical (unpaired) electrons. The van der Waals surface area contributed by atoms with Crippen molar-refractivity contribution in [3.05, 3.63) is 36.4 Å². The van der Waals surface area contributed by atoms with Gasteiger partial charge in [0.15, 0.2) is 11.5 Å². The Kier molecular flexibility index (Phi) is 4.42. The maximum atomic E-state index is 12.0. The van der Waals surface area contributed by atoms with E-state index in [1.807, 2.05) is 12.1 Å². The van der Waals surface area contributed by atoms with Gasteiger partial charge in [-0.2, -0.15) is 5.10 Å². The van der Waals surface area contributed by atoms with E-state index in [0.29, 0.717) is 13.2 Å². The summed E-state index contributed by atoms with van der Waals surface area (Å²) in [6, 6.07) is 5.50. The van der Waals surface area contributed by atoms with Crippen LogP contribution in [0.2, 0.25) is 0 Å². The number of aromatic nitrogens is 3. The molecule has 0 fully saturated rings. The number of ether oxygens (including phenoxy) is 2. The van der Waals surface area contributed by atoms with Crippen molar-refractivity contribution in [1.29, 1.82) is 0 Å². The minimum absolute atomic E-state index is 0.125. The topological polar surface area (TPSA) is 78.3 Å². The second kappa shape index (κ2) is 6.51. The van der Waals surface area contributed by atoms with Gasteiger partial charge in [-0.25, -0.2) is 9.67 Å². The SMILES string of the molecule is CC(C(=O)NCCOc1cccc2c1OC(C)(C)C2)n1cncn1. The van der Waals surface area contributed by atoms with E-state index in [-0.39, 0.29) is 11.5 Å². The molecule has 0 aliphatic carbocycles. The van der Waals surface area contributed by atoms with Crippen LogP contribution in [-0.4, -0.2) is 39.4 Å². The summed E-state index contributed by atoms with van der Waals surface area (Å²) in [6.45, 7) is 6.66. The van der Waals surface area contributed by atoms with E-state index in [2.05, 4.69) is 35.3 Å². The molecule has 3 rings (SSSR count).